The molecule has 96 valence electrons. The average molecular weight is 238 g/mol. The third-order valence-electron chi connectivity index (χ3n) is 4.14. The Morgan fingerprint density at radius 1 is 1.12 bits per heavy atom. The standard InChI is InChI=1S/C14H22O3/c1-5-16-14(17-6-1)4-7-15-10-13-9-11-2-3-12(13)8-11/h2-3,11-14H,1,4-10H2. The maximum absolute atomic E-state index is 5.78. The third-order valence-corrected chi connectivity index (χ3v) is 4.14. The molecule has 2 fully saturated rings. The molecule has 0 spiro atoms. The van der Waals surface area contributed by atoms with E-state index in [2.05, 4.69) is 12.2 Å². The van der Waals surface area contributed by atoms with Crippen molar-refractivity contribution in [1.82, 2.24) is 0 Å². The van der Waals surface area contributed by atoms with Crippen LogP contribution in [0, 0.1) is 17.8 Å². The van der Waals surface area contributed by atoms with Crippen molar-refractivity contribution in [2.24, 2.45) is 17.8 Å². The summed E-state index contributed by atoms with van der Waals surface area (Å²) in [5, 5.41) is 0. The molecule has 1 saturated heterocycles. The molecule has 0 N–H and O–H groups in total. The lowest BCUT2D eigenvalue weighted by molar-refractivity contribution is -0.186. The summed E-state index contributed by atoms with van der Waals surface area (Å²) in [6.07, 6.45) is 9.33. The number of rotatable bonds is 5. The van der Waals surface area contributed by atoms with Gasteiger partial charge in [0.2, 0.25) is 0 Å². The van der Waals surface area contributed by atoms with Crippen LogP contribution in [0.2, 0.25) is 0 Å². The maximum Gasteiger partial charge on any atom is 0.159 e. The lowest BCUT2D eigenvalue weighted by atomic mass is 9.95. The van der Waals surface area contributed by atoms with E-state index in [-0.39, 0.29) is 6.29 Å². The molecule has 0 aromatic rings. The van der Waals surface area contributed by atoms with Crippen molar-refractivity contribution < 1.29 is 14.2 Å². The Balaban J connectivity index is 1.29. The van der Waals surface area contributed by atoms with Crippen LogP contribution in [-0.2, 0) is 14.2 Å². The number of hydrogen-bond acceptors (Lipinski definition) is 3. The zero-order valence-corrected chi connectivity index (χ0v) is 10.3. The van der Waals surface area contributed by atoms with Crippen LogP contribution >= 0.6 is 0 Å². The molecule has 3 heteroatoms. The van der Waals surface area contributed by atoms with Gasteiger partial charge in [-0.3, -0.25) is 0 Å². The highest BCUT2D eigenvalue weighted by Crippen LogP contribution is 2.43. The van der Waals surface area contributed by atoms with Crippen molar-refractivity contribution in [3.63, 3.8) is 0 Å². The van der Waals surface area contributed by atoms with Gasteiger partial charge in [0.15, 0.2) is 6.29 Å². The van der Waals surface area contributed by atoms with E-state index in [1.807, 2.05) is 0 Å². The van der Waals surface area contributed by atoms with Crippen molar-refractivity contribution in [1.29, 1.82) is 0 Å². The highest BCUT2D eigenvalue weighted by Gasteiger charge is 2.35. The Morgan fingerprint density at radius 3 is 2.71 bits per heavy atom. The normalized spacial score (nSPS) is 36.8. The van der Waals surface area contributed by atoms with E-state index in [0.29, 0.717) is 0 Å². The summed E-state index contributed by atoms with van der Waals surface area (Å²) >= 11 is 0. The van der Waals surface area contributed by atoms with Crippen LogP contribution in [0.15, 0.2) is 12.2 Å². The average Bonchev–Trinajstić information content (AvgIpc) is 2.98. The van der Waals surface area contributed by atoms with Gasteiger partial charge in [-0.1, -0.05) is 12.2 Å². The Kier molecular flexibility index (Phi) is 3.79. The van der Waals surface area contributed by atoms with Gasteiger partial charge in [-0.15, -0.1) is 0 Å². The van der Waals surface area contributed by atoms with Crippen LogP contribution in [-0.4, -0.2) is 32.7 Å². The summed E-state index contributed by atoms with van der Waals surface area (Å²) in [5.41, 5.74) is 0. The number of allylic oxidation sites excluding steroid dienone is 2. The molecular weight excluding hydrogens is 216 g/mol. The van der Waals surface area contributed by atoms with Gasteiger partial charge < -0.3 is 14.2 Å². The topological polar surface area (TPSA) is 27.7 Å². The summed E-state index contributed by atoms with van der Waals surface area (Å²) in [7, 11) is 0. The minimum absolute atomic E-state index is 0.0244. The molecule has 0 radical (unpaired) electrons. The molecule has 3 rings (SSSR count). The number of hydrogen-bond donors (Lipinski definition) is 0. The van der Waals surface area contributed by atoms with Crippen LogP contribution < -0.4 is 0 Å². The lowest BCUT2D eigenvalue weighted by Gasteiger charge is -2.23. The van der Waals surface area contributed by atoms with Gasteiger partial charge in [0.05, 0.1) is 19.8 Å². The molecule has 1 aliphatic heterocycles. The zero-order chi connectivity index (χ0) is 11.5. The molecule has 1 heterocycles. The van der Waals surface area contributed by atoms with Crippen LogP contribution in [0.25, 0.3) is 0 Å². The van der Waals surface area contributed by atoms with Gasteiger partial charge in [-0.25, -0.2) is 0 Å². The first-order valence-corrected chi connectivity index (χ1v) is 6.91. The van der Waals surface area contributed by atoms with Crippen LogP contribution in [0.5, 0.6) is 0 Å². The SMILES string of the molecule is C1=CC2CC1CC2COCCC1OCCCO1. The van der Waals surface area contributed by atoms with E-state index in [4.69, 9.17) is 14.2 Å². The molecule has 17 heavy (non-hydrogen) atoms. The summed E-state index contributed by atoms with van der Waals surface area (Å²) in [6.45, 7) is 3.35. The van der Waals surface area contributed by atoms with E-state index < -0.39 is 0 Å². The van der Waals surface area contributed by atoms with Crippen molar-refractivity contribution >= 4 is 0 Å². The summed E-state index contributed by atoms with van der Waals surface area (Å²) in [4.78, 5) is 0. The fourth-order valence-corrected chi connectivity index (χ4v) is 3.20. The Hall–Kier alpha value is -0.380. The molecule has 3 nitrogen and oxygen atoms in total. The first-order valence-electron chi connectivity index (χ1n) is 6.91. The van der Waals surface area contributed by atoms with Gasteiger partial charge in [-0.2, -0.15) is 0 Å². The fraction of sp³-hybridized carbons (Fsp3) is 0.857. The summed E-state index contributed by atoms with van der Waals surface area (Å²) in [5.74, 6) is 2.40. The van der Waals surface area contributed by atoms with Crippen molar-refractivity contribution in [2.75, 3.05) is 26.4 Å². The third kappa shape index (κ3) is 2.90. The zero-order valence-electron chi connectivity index (χ0n) is 10.3. The van der Waals surface area contributed by atoms with E-state index in [1.54, 1.807) is 0 Å². The quantitative estimate of drug-likeness (QED) is 0.543. The molecule has 1 saturated carbocycles. The largest absolute Gasteiger partial charge is 0.381 e. The molecule has 0 amide bonds. The second-order valence-corrected chi connectivity index (χ2v) is 5.43. The minimum atomic E-state index is -0.0244. The van der Waals surface area contributed by atoms with E-state index in [1.165, 1.54) is 12.8 Å². The first-order chi connectivity index (χ1) is 8.42. The molecule has 3 aliphatic rings. The lowest BCUT2D eigenvalue weighted by Crippen LogP contribution is -2.26. The van der Waals surface area contributed by atoms with Crippen molar-refractivity contribution in [2.45, 2.75) is 32.0 Å². The molecule has 3 atom stereocenters. The predicted octanol–water partition coefficient (Wildman–Crippen LogP) is 2.37. The van der Waals surface area contributed by atoms with Gasteiger partial charge >= 0.3 is 0 Å². The van der Waals surface area contributed by atoms with Gasteiger partial charge in [0.1, 0.15) is 0 Å². The second kappa shape index (κ2) is 5.51. The minimum Gasteiger partial charge on any atom is -0.381 e. The summed E-state index contributed by atoms with van der Waals surface area (Å²) in [6, 6.07) is 0. The van der Waals surface area contributed by atoms with E-state index >= 15 is 0 Å². The molecule has 2 aliphatic carbocycles. The monoisotopic (exact) mass is 238 g/mol. The van der Waals surface area contributed by atoms with E-state index in [0.717, 1.165) is 57.0 Å². The second-order valence-electron chi connectivity index (χ2n) is 5.43. The number of fused-ring (bicyclic) bond motifs is 2. The van der Waals surface area contributed by atoms with Crippen LogP contribution in [0.3, 0.4) is 0 Å². The Labute approximate surface area is 103 Å². The fourth-order valence-electron chi connectivity index (χ4n) is 3.20. The van der Waals surface area contributed by atoms with Crippen molar-refractivity contribution in [3.05, 3.63) is 12.2 Å². The Morgan fingerprint density at radius 2 is 2.00 bits per heavy atom. The van der Waals surface area contributed by atoms with Crippen LogP contribution in [0.1, 0.15) is 25.7 Å². The predicted molar refractivity (Wildman–Crippen MR) is 64.6 cm³/mol. The van der Waals surface area contributed by atoms with Gasteiger partial charge in [0, 0.05) is 13.0 Å². The van der Waals surface area contributed by atoms with Gasteiger partial charge in [-0.05, 0) is 37.0 Å². The van der Waals surface area contributed by atoms with Crippen molar-refractivity contribution in [3.8, 4) is 0 Å². The smallest absolute Gasteiger partial charge is 0.159 e. The summed E-state index contributed by atoms with van der Waals surface area (Å²) < 4.78 is 16.8. The highest BCUT2D eigenvalue weighted by atomic mass is 16.7. The van der Waals surface area contributed by atoms with Crippen LogP contribution in [0.4, 0.5) is 0 Å². The van der Waals surface area contributed by atoms with Gasteiger partial charge in [0.25, 0.3) is 0 Å². The number of ether oxygens (including phenoxy) is 3. The maximum atomic E-state index is 5.78. The first kappa shape index (κ1) is 11.7. The molecule has 0 aromatic heterocycles. The Bertz CT molecular complexity index is 271. The molecular formula is C14H22O3. The highest BCUT2D eigenvalue weighted by molar-refractivity contribution is 5.09. The van der Waals surface area contributed by atoms with E-state index in [9.17, 15) is 0 Å². The molecule has 3 unspecified atom stereocenters. The molecule has 0 aromatic carbocycles. The molecule has 2 bridgehead atoms.